The second-order valence-corrected chi connectivity index (χ2v) is 5.86. The molecular formula is C11H9N3O2S. The van der Waals surface area contributed by atoms with Gasteiger partial charge < -0.3 is 5.73 Å². The van der Waals surface area contributed by atoms with Crippen molar-refractivity contribution in [2.45, 2.75) is 10.6 Å². The Morgan fingerprint density at radius 3 is 2.76 bits per heavy atom. The van der Waals surface area contributed by atoms with Gasteiger partial charge in [0.1, 0.15) is 5.82 Å². The fourth-order valence-corrected chi connectivity index (χ4v) is 3.57. The van der Waals surface area contributed by atoms with Crippen LogP contribution >= 0.6 is 0 Å². The van der Waals surface area contributed by atoms with Gasteiger partial charge in [0.2, 0.25) is 0 Å². The molecule has 1 aliphatic heterocycles. The van der Waals surface area contributed by atoms with Gasteiger partial charge in [0.05, 0.1) is 16.3 Å². The molecule has 86 valence electrons. The van der Waals surface area contributed by atoms with Crippen molar-refractivity contribution in [1.82, 2.24) is 10.2 Å². The zero-order valence-electron chi connectivity index (χ0n) is 8.79. The predicted molar refractivity (Wildman–Crippen MR) is 62.8 cm³/mol. The Labute approximate surface area is 98.2 Å². The molecule has 17 heavy (non-hydrogen) atoms. The van der Waals surface area contributed by atoms with Crippen LogP contribution in [0.4, 0.5) is 5.82 Å². The van der Waals surface area contributed by atoms with E-state index in [4.69, 9.17) is 5.73 Å². The van der Waals surface area contributed by atoms with E-state index in [1.54, 1.807) is 30.3 Å². The number of fused-ring (bicyclic) bond motifs is 3. The van der Waals surface area contributed by atoms with E-state index in [2.05, 4.69) is 10.2 Å². The third-order valence-electron chi connectivity index (χ3n) is 2.71. The van der Waals surface area contributed by atoms with Crippen molar-refractivity contribution in [3.05, 3.63) is 35.9 Å². The van der Waals surface area contributed by atoms with Crippen LogP contribution in [0.1, 0.15) is 5.56 Å². The van der Waals surface area contributed by atoms with Crippen LogP contribution in [0.3, 0.4) is 0 Å². The molecule has 1 aliphatic rings. The summed E-state index contributed by atoms with van der Waals surface area (Å²) in [6.07, 6.45) is 0. The summed E-state index contributed by atoms with van der Waals surface area (Å²) in [6.45, 7) is 0. The number of nitrogens with zero attached hydrogens (tertiary/aromatic N) is 2. The number of aromatic nitrogens is 2. The summed E-state index contributed by atoms with van der Waals surface area (Å²) < 4.78 is 24.1. The molecule has 0 bridgehead atoms. The molecule has 0 aliphatic carbocycles. The molecule has 0 saturated carbocycles. The normalized spacial score (nSPS) is 16.0. The topological polar surface area (TPSA) is 85.9 Å². The molecule has 1 aromatic carbocycles. The molecule has 3 rings (SSSR count). The van der Waals surface area contributed by atoms with Crippen molar-refractivity contribution in [2.75, 3.05) is 5.73 Å². The van der Waals surface area contributed by atoms with Crippen LogP contribution in [-0.2, 0) is 15.6 Å². The molecule has 0 atom stereocenters. The number of hydrogen-bond donors (Lipinski definition) is 1. The lowest BCUT2D eigenvalue weighted by Gasteiger charge is -2.18. The van der Waals surface area contributed by atoms with E-state index in [0.29, 0.717) is 21.7 Å². The molecule has 5 nitrogen and oxygen atoms in total. The first-order valence-electron chi connectivity index (χ1n) is 5.02. The largest absolute Gasteiger partial charge is 0.382 e. The van der Waals surface area contributed by atoms with Crippen molar-refractivity contribution in [1.29, 1.82) is 0 Å². The Morgan fingerprint density at radius 2 is 1.94 bits per heavy atom. The Bertz CT molecular complexity index is 710. The highest BCUT2D eigenvalue weighted by molar-refractivity contribution is 7.90. The minimum absolute atomic E-state index is 0.0704. The number of nitrogen functional groups attached to an aromatic ring is 1. The van der Waals surface area contributed by atoms with Crippen LogP contribution in [-0.4, -0.2) is 18.6 Å². The molecule has 0 unspecified atom stereocenters. The van der Waals surface area contributed by atoms with Crippen LogP contribution in [0.2, 0.25) is 0 Å². The summed E-state index contributed by atoms with van der Waals surface area (Å²) >= 11 is 0. The molecule has 0 amide bonds. The minimum Gasteiger partial charge on any atom is -0.382 e. The zero-order valence-corrected chi connectivity index (χ0v) is 9.61. The smallest absolute Gasteiger partial charge is 0.183 e. The first-order valence-corrected chi connectivity index (χ1v) is 6.67. The summed E-state index contributed by atoms with van der Waals surface area (Å²) in [7, 11) is -3.30. The van der Waals surface area contributed by atoms with Crippen molar-refractivity contribution in [3.63, 3.8) is 0 Å². The number of anilines is 1. The fraction of sp³-hybridized carbons (Fsp3) is 0.0909. The van der Waals surface area contributed by atoms with Crippen molar-refractivity contribution in [2.24, 2.45) is 0 Å². The van der Waals surface area contributed by atoms with Gasteiger partial charge in [-0.25, -0.2) is 8.42 Å². The number of sulfone groups is 1. The number of hydrogen-bond acceptors (Lipinski definition) is 5. The molecule has 0 fully saturated rings. The van der Waals surface area contributed by atoms with Gasteiger partial charge >= 0.3 is 0 Å². The van der Waals surface area contributed by atoms with Crippen LogP contribution in [0.25, 0.3) is 11.3 Å². The highest BCUT2D eigenvalue weighted by Crippen LogP contribution is 2.36. The minimum atomic E-state index is -3.30. The molecular weight excluding hydrogens is 238 g/mol. The maximum absolute atomic E-state index is 12.1. The molecule has 0 saturated heterocycles. The maximum Gasteiger partial charge on any atom is 0.183 e. The van der Waals surface area contributed by atoms with E-state index >= 15 is 0 Å². The van der Waals surface area contributed by atoms with E-state index < -0.39 is 9.84 Å². The van der Waals surface area contributed by atoms with Crippen LogP contribution in [0.15, 0.2) is 35.2 Å². The summed E-state index contributed by atoms with van der Waals surface area (Å²) in [4.78, 5) is 0.312. The SMILES string of the molecule is Nc1cc2c(nn1)-c1ccccc1S(=O)(=O)C2. The zero-order chi connectivity index (χ0) is 12.0. The number of nitrogens with two attached hydrogens (primary N) is 1. The third kappa shape index (κ3) is 1.49. The molecule has 2 heterocycles. The van der Waals surface area contributed by atoms with Gasteiger partial charge in [0.15, 0.2) is 9.84 Å². The van der Waals surface area contributed by atoms with Crippen LogP contribution < -0.4 is 5.73 Å². The van der Waals surface area contributed by atoms with E-state index in [0.717, 1.165) is 0 Å². The molecule has 6 heteroatoms. The average Bonchev–Trinajstić information content (AvgIpc) is 2.28. The van der Waals surface area contributed by atoms with Crippen molar-refractivity contribution in [3.8, 4) is 11.3 Å². The second kappa shape index (κ2) is 3.27. The summed E-state index contributed by atoms with van der Waals surface area (Å²) in [5.41, 5.74) is 7.33. The van der Waals surface area contributed by atoms with Crippen molar-refractivity contribution >= 4 is 15.7 Å². The second-order valence-electron chi connectivity index (χ2n) is 3.90. The van der Waals surface area contributed by atoms with Crippen LogP contribution in [0, 0.1) is 0 Å². The van der Waals surface area contributed by atoms with Gasteiger partial charge in [-0.15, -0.1) is 10.2 Å². The molecule has 0 radical (unpaired) electrons. The average molecular weight is 247 g/mol. The number of rotatable bonds is 0. The lowest BCUT2D eigenvalue weighted by molar-refractivity contribution is 0.594. The quantitative estimate of drug-likeness (QED) is 0.751. The van der Waals surface area contributed by atoms with Gasteiger partial charge in [-0.1, -0.05) is 18.2 Å². The lowest BCUT2D eigenvalue weighted by atomic mass is 10.1. The number of benzene rings is 1. The Hall–Kier alpha value is -1.95. The van der Waals surface area contributed by atoms with E-state index in [1.807, 2.05) is 0 Å². The lowest BCUT2D eigenvalue weighted by Crippen LogP contribution is -2.15. The van der Waals surface area contributed by atoms with E-state index in [1.165, 1.54) is 0 Å². The summed E-state index contributed by atoms with van der Waals surface area (Å²) in [5, 5.41) is 7.76. The van der Waals surface area contributed by atoms with E-state index in [9.17, 15) is 8.42 Å². The Balaban J connectivity index is 2.39. The first-order chi connectivity index (χ1) is 8.08. The van der Waals surface area contributed by atoms with Gasteiger partial charge in [-0.3, -0.25) is 0 Å². The highest BCUT2D eigenvalue weighted by atomic mass is 32.2. The first kappa shape index (κ1) is 10.2. The fourth-order valence-electron chi connectivity index (χ4n) is 2.00. The standard InChI is InChI=1S/C11H9N3O2S/c12-10-5-7-6-17(15,16)9-4-2-1-3-8(9)11(7)14-13-10/h1-5H,6H2,(H2,12,13). The summed E-state index contributed by atoms with van der Waals surface area (Å²) in [6, 6.07) is 8.37. The van der Waals surface area contributed by atoms with Gasteiger partial charge in [-0.05, 0) is 17.7 Å². The van der Waals surface area contributed by atoms with Crippen LogP contribution in [0.5, 0.6) is 0 Å². The monoisotopic (exact) mass is 247 g/mol. The predicted octanol–water partition coefficient (Wildman–Crippen LogP) is 1.01. The molecule has 2 N–H and O–H groups in total. The van der Waals surface area contributed by atoms with Gasteiger partial charge in [0.25, 0.3) is 0 Å². The Kier molecular flexibility index (Phi) is 1.97. The molecule has 2 aromatic rings. The van der Waals surface area contributed by atoms with E-state index in [-0.39, 0.29) is 11.6 Å². The maximum atomic E-state index is 12.1. The van der Waals surface area contributed by atoms with Crippen molar-refractivity contribution < 1.29 is 8.42 Å². The molecule has 1 aromatic heterocycles. The highest BCUT2D eigenvalue weighted by Gasteiger charge is 2.28. The Morgan fingerprint density at radius 1 is 1.18 bits per heavy atom. The third-order valence-corrected chi connectivity index (χ3v) is 4.43. The van der Waals surface area contributed by atoms with Gasteiger partial charge in [0, 0.05) is 5.56 Å². The molecule has 0 spiro atoms. The summed E-state index contributed by atoms with van der Waals surface area (Å²) in [5.74, 6) is 0.164. The van der Waals surface area contributed by atoms with Gasteiger partial charge in [-0.2, -0.15) is 0 Å².